The minimum Gasteiger partial charge on any atom is -0.354 e. The molecule has 0 saturated carbocycles. The second-order valence-electron chi connectivity index (χ2n) is 5.22. The van der Waals surface area contributed by atoms with Gasteiger partial charge in [0, 0.05) is 18.0 Å². The Hall–Kier alpha value is -1.07. The highest BCUT2D eigenvalue weighted by Gasteiger charge is 2.06. The minimum atomic E-state index is 0.440. The van der Waals surface area contributed by atoms with E-state index in [4.69, 9.17) is 0 Å². The SMILES string of the molecule is CCN(CC)CCCC(C)NC(=NC)NCc1cccs1. The molecule has 0 fully saturated rings. The molecule has 120 valence electrons. The molecule has 0 radical (unpaired) electrons. The van der Waals surface area contributed by atoms with E-state index in [1.807, 2.05) is 7.05 Å². The average molecular weight is 311 g/mol. The second-order valence-corrected chi connectivity index (χ2v) is 6.25. The quantitative estimate of drug-likeness (QED) is 0.544. The van der Waals surface area contributed by atoms with E-state index in [1.165, 1.54) is 17.8 Å². The van der Waals surface area contributed by atoms with Crippen LogP contribution in [-0.4, -0.2) is 43.6 Å². The first-order valence-electron chi connectivity index (χ1n) is 7.91. The summed E-state index contributed by atoms with van der Waals surface area (Å²) in [6, 6.07) is 4.65. The predicted octanol–water partition coefficient (Wildman–Crippen LogP) is 2.92. The van der Waals surface area contributed by atoms with Gasteiger partial charge in [0.1, 0.15) is 0 Å². The molecule has 0 saturated heterocycles. The Kier molecular flexibility index (Phi) is 9.10. The van der Waals surface area contributed by atoms with Crippen molar-refractivity contribution in [2.45, 2.75) is 46.2 Å². The largest absolute Gasteiger partial charge is 0.354 e. The Morgan fingerprint density at radius 3 is 2.71 bits per heavy atom. The lowest BCUT2D eigenvalue weighted by Crippen LogP contribution is -2.42. The summed E-state index contributed by atoms with van der Waals surface area (Å²) < 4.78 is 0. The molecule has 1 unspecified atom stereocenters. The highest BCUT2D eigenvalue weighted by atomic mass is 32.1. The van der Waals surface area contributed by atoms with Gasteiger partial charge in [-0.05, 0) is 50.8 Å². The zero-order chi connectivity index (χ0) is 15.5. The molecule has 0 aliphatic heterocycles. The van der Waals surface area contributed by atoms with Crippen LogP contribution in [0.4, 0.5) is 0 Å². The summed E-state index contributed by atoms with van der Waals surface area (Å²) in [4.78, 5) is 8.09. The fraction of sp³-hybridized carbons (Fsp3) is 0.688. The van der Waals surface area contributed by atoms with Gasteiger partial charge in [-0.1, -0.05) is 19.9 Å². The molecular weight excluding hydrogens is 280 g/mol. The highest BCUT2D eigenvalue weighted by Crippen LogP contribution is 2.07. The smallest absolute Gasteiger partial charge is 0.191 e. The van der Waals surface area contributed by atoms with Crippen LogP contribution in [0.1, 0.15) is 38.5 Å². The van der Waals surface area contributed by atoms with Crippen LogP contribution < -0.4 is 10.6 Å². The molecule has 5 heteroatoms. The molecular formula is C16H30N4S. The number of thiophene rings is 1. The maximum Gasteiger partial charge on any atom is 0.191 e. The molecule has 4 nitrogen and oxygen atoms in total. The molecule has 2 N–H and O–H groups in total. The van der Waals surface area contributed by atoms with Crippen molar-refractivity contribution in [3.05, 3.63) is 22.4 Å². The summed E-state index contributed by atoms with van der Waals surface area (Å²) in [6.45, 7) is 11.0. The van der Waals surface area contributed by atoms with E-state index < -0.39 is 0 Å². The molecule has 0 aliphatic carbocycles. The van der Waals surface area contributed by atoms with Gasteiger partial charge < -0.3 is 15.5 Å². The number of hydrogen-bond acceptors (Lipinski definition) is 3. The normalized spacial score (nSPS) is 13.5. The van der Waals surface area contributed by atoms with Crippen molar-refractivity contribution in [2.75, 3.05) is 26.7 Å². The Morgan fingerprint density at radius 1 is 1.38 bits per heavy atom. The molecule has 1 rings (SSSR count). The zero-order valence-electron chi connectivity index (χ0n) is 13.9. The predicted molar refractivity (Wildman–Crippen MR) is 94.1 cm³/mol. The average Bonchev–Trinajstić information content (AvgIpc) is 3.01. The van der Waals surface area contributed by atoms with Gasteiger partial charge in [0.15, 0.2) is 5.96 Å². The van der Waals surface area contributed by atoms with Crippen LogP contribution in [0.2, 0.25) is 0 Å². The fourth-order valence-corrected chi connectivity index (χ4v) is 2.89. The summed E-state index contributed by atoms with van der Waals surface area (Å²) in [6.07, 6.45) is 2.38. The van der Waals surface area contributed by atoms with Crippen LogP contribution in [0, 0.1) is 0 Å². The van der Waals surface area contributed by atoms with Crippen molar-refractivity contribution in [1.29, 1.82) is 0 Å². The maximum absolute atomic E-state index is 4.29. The molecule has 21 heavy (non-hydrogen) atoms. The van der Waals surface area contributed by atoms with Crippen molar-refractivity contribution in [2.24, 2.45) is 4.99 Å². The first-order valence-corrected chi connectivity index (χ1v) is 8.79. The number of nitrogens with one attached hydrogen (secondary N) is 2. The third-order valence-corrected chi connectivity index (χ3v) is 4.50. The van der Waals surface area contributed by atoms with Gasteiger partial charge >= 0.3 is 0 Å². The molecule has 1 aromatic heterocycles. The fourth-order valence-electron chi connectivity index (χ4n) is 2.25. The third kappa shape index (κ3) is 7.48. The first kappa shape index (κ1) is 18.0. The first-order chi connectivity index (χ1) is 10.2. The molecule has 0 bridgehead atoms. The summed E-state index contributed by atoms with van der Waals surface area (Å²) in [5, 5.41) is 8.93. The molecule has 0 spiro atoms. The topological polar surface area (TPSA) is 39.7 Å². The second kappa shape index (κ2) is 10.6. The number of guanidine groups is 1. The number of nitrogens with zero attached hydrogens (tertiary/aromatic N) is 2. The van der Waals surface area contributed by atoms with Crippen LogP contribution in [0.25, 0.3) is 0 Å². The Balaban J connectivity index is 2.22. The lowest BCUT2D eigenvalue weighted by molar-refractivity contribution is 0.292. The monoisotopic (exact) mass is 310 g/mol. The van der Waals surface area contributed by atoms with Gasteiger partial charge in [-0.25, -0.2) is 0 Å². The van der Waals surface area contributed by atoms with Gasteiger partial charge in [-0.2, -0.15) is 0 Å². The lowest BCUT2D eigenvalue weighted by Gasteiger charge is -2.21. The van der Waals surface area contributed by atoms with E-state index in [2.05, 4.69) is 58.8 Å². The maximum atomic E-state index is 4.29. The van der Waals surface area contributed by atoms with Crippen LogP contribution in [0.3, 0.4) is 0 Å². The van der Waals surface area contributed by atoms with E-state index >= 15 is 0 Å². The van der Waals surface area contributed by atoms with Gasteiger partial charge in [-0.3, -0.25) is 4.99 Å². The van der Waals surface area contributed by atoms with Crippen molar-refractivity contribution in [1.82, 2.24) is 15.5 Å². The van der Waals surface area contributed by atoms with E-state index in [0.29, 0.717) is 6.04 Å². The van der Waals surface area contributed by atoms with Gasteiger partial charge in [0.25, 0.3) is 0 Å². The van der Waals surface area contributed by atoms with Gasteiger partial charge in [0.05, 0.1) is 6.54 Å². The van der Waals surface area contributed by atoms with Gasteiger partial charge in [-0.15, -0.1) is 11.3 Å². The molecule has 1 heterocycles. The van der Waals surface area contributed by atoms with Crippen LogP contribution in [0.5, 0.6) is 0 Å². The Labute approximate surface area is 133 Å². The summed E-state index contributed by atoms with van der Waals surface area (Å²) >= 11 is 1.77. The number of aliphatic imine (C=N–C) groups is 1. The molecule has 1 aromatic rings. The molecule has 0 amide bonds. The van der Waals surface area contributed by atoms with Crippen LogP contribution in [0.15, 0.2) is 22.5 Å². The van der Waals surface area contributed by atoms with Gasteiger partial charge in [0.2, 0.25) is 0 Å². The van der Waals surface area contributed by atoms with E-state index in [9.17, 15) is 0 Å². The summed E-state index contributed by atoms with van der Waals surface area (Å²) in [5.41, 5.74) is 0. The Bertz CT molecular complexity index is 385. The standard InChI is InChI=1S/C16H30N4S/c1-5-20(6-2)11-7-9-14(3)19-16(17-4)18-13-15-10-8-12-21-15/h8,10,12,14H,5-7,9,11,13H2,1-4H3,(H2,17,18,19). The van der Waals surface area contributed by atoms with Crippen LogP contribution >= 0.6 is 11.3 Å². The van der Waals surface area contributed by atoms with E-state index in [1.54, 1.807) is 11.3 Å². The van der Waals surface area contributed by atoms with E-state index in [0.717, 1.165) is 32.0 Å². The van der Waals surface area contributed by atoms with Crippen molar-refractivity contribution in [3.63, 3.8) is 0 Å². The summed E-state index contributed by atoms with van der Waals surface area (Å²) in [5.74, 6) is 0.888. The van der Waals surface area contributed by atoms with Crippen molar-refractivity contribution >= 4 is 17.3 Å². The third-order valence-electron chi connectivity index (χ3n) is 3.62. The minimum absolute atomic E-state index is 0.440. The summed E-state index contributed by atoms with van der Waals surface area (Å²) in [7, 11) is 1.83. The molecule has 0 aromatic carbocycles. The van der Waals surface area contributed by atoms with Crippen molar-refractivity contribution < 1.29 is 0 Å². The molecule has 1 atom stereocenters. The van der Waals surface area contributed by atoms with Crippen molar-refractivity contribution in [3.8, 4) is 0 Å². The highest BCUT2D eigenvalue weighted by molar-refractivity contribution is 7.09. The molecule has 0 aliphatic rings. The number of hydrogen-bond donors (Lipinski definition) is 2. The van der Waals surface area contributed by atoms with E-state index in [-0.39, 0.29) is 0 Å². The lowest BCUT2D eigenvalue weighted by atomic mass is 10.2. The zero-order valence-corrected chi connectivity index (χ0v) is 14.7. The number of rotatable bonds is 9. The van der Waals surface area contributed by atoms with Crippen LogP contribution in [-0.2, 0) is 6.54 Å². The Morgan fingerprint density at radius 2 is 2.14 bits per heavy atom.